The molecule has 0 fully saturated rings. The largest absolute Gasteiger partial charge is 0.486 e. The third-order valence-corrected chi connectivity index (χ3v) is 7.14. The SMILES string of the molecule is Cc1csc(COc2ccc(C(=O)Nc3nc4ccc(S(C)(=O)=O)cc4s3)cc2)n1. The van der Waals surface area contributed by atoms with Gasteiger partial charge in [0.05, 0.1) is 15.1 Å². The molecule has 0 aliphatic heterocycles. The Labute approximate surface area is 181 Å². The number of fused-ring (bicyclic) bond motifs is 1. The molecule has 154 valence electrons. The zero-order chi connectivity index (χ0) is 21.3. The smallest absolute Gasteiger partial charge is 0.257 e. The van der Waals surface area contributed by atoms with Crippen LogP contribution < -0.4 is 10.1 Å². The van der Waals surface area contributed by atoms with E-state index in [2.05, 4.69) is 15.3 Å². The van der Waals surface area contributed by atoms with Gasteiger partial charge >= 0.3 is 0 Å². The number of thiazole rings is 2. The molecule has 2 aromatic carbocycles. The average Bonchev–Trinajstić information content (AvgIpc) is 3.30. The minimum absolute atomic E-state index is 0.222. The van der Waals surface area contributed by atoms with E-state index in [-0.39, 0.29) is 10.8 Å². The summed E-state index contributed by atoms with van der Waals surface area (Å²) in [5, 5.41) is 6.02. The number of carbonyl (C=O) groups excluding carboxylic acids is 1. The molecule has 0 spiro atoms. The second kappa shape index (κ2) is 8.13. The number of hydrogen-bond acceptors (Lipinski definition) is 8. The quantitative estimate of drug-likeness (QED) is 0.462. The maximum Gasteiger partial charge on any atom is 0.257 e. The minimum Gasteiger partial charge on any atom is -0.486 e. The summed E-state index contributed by atoms with van der Waals surface area (Å²) in [6.07, 6.45) is 1.16. The Morgan fingerprint density at radius 3 is 2.57 bits per heavy atom. The Balaban J connectivity index is 1.43. The van der Waals surface area contributed by atoms with Gasteiger partial charge in [-0.15, -0.1) is 11.3 Å². The molecular formula is C20H17N3O4S3. The third-order valence-electron chi connectivity index (χ3n) is 4.15. The summed E-state index contributed by atoms with van der Waals surface area (Å²) >= 11 is 2.77. The number of anilines is 1. The molecule has 0 aliphatic carbocycles. The van der Waals surface area contributed by atoms with Crippen molar-refractivity contribution in [3.05, 3.63) is 64.1 Å². The van der Waals surface area contributed by atoms with Crippen LogP contribution in [0.15, 0.2) is 52.7 Å². The number of ether oxygens (including phenoxy) is 1. The molecule has 2 heterocycles. The summed E-state index contributed by atoms with van der Waals surface area (Å²) in [5.74, 6) is 0.340. The highest BCUT2D eigenvalue weighted by atomic mass is 32.2. The van der Waals surface area contributed by atoms with E-state index in [1.54, 1.807) is 47.7 Å². The highest BCUT2D eigenvalue weighted by Gasteiger charge is 2.13. The second-order valence-corrected chi connectivity index (χ2v) is 10.6. The van der Waals surface area contributed by atoms with Gasteiger partial charge < -0.3 is 4.74 Å². The number of rotatable bonds is 6. The molecule has 0 unspecified atom stereocenters. The molecule has 1 N–H and O–H groups in total. The fourth-order valence-corrected chi connectivity index (χ4v) is 4.98. The molecule has 4 rings (SSSR count). The maximum absolute atomic E-state index is 12.5. The summed E-state index contributed by atoms with van der Waals surface area (Å²) < 4.78 is 29.8. The van der Waals surface area contributed by atoms with Crippen molar-refractivity contribution in [2.24, 2.45) is 0 Å². The standard InChI is InChI=1S/C20H17N3O4S3/c1-12-11-28-18(21-12)10-27-14-5-3-13(4-6-14)19(24)23-20-22-16-8-7-15(30(2,25)26)9-17(16)29-20/h3-9,11H,10H2,1-2H3,(H,22,23,24). The Bertz CT molecular complexity index is 1330. The summed E-state index contributed by atoms with van der Waals surface area (Å²) in [4.78, 5) is 21.4. The minimum atomic E-state index is -3.30. The molecule has 2 aromatic heterocycles. The zero-order valence-electron chi connectivity index (χ0n) is 16.1. The first-order chi connectivity index (χ1) is 14.3. The predicted octanol–water partition coefficient (Wildman–Crippen LogP) is 4.30. The van der Waals surface area contributed by atoms with Gasteiger partial charge in [-0.3, -0.25) is 10.1 Å². The lowest BCUT2D eigenvalue weighted by molar-refractivity contribution is 0.102. The van der Waals surface area contributed by atoms with Gasteiger partial charge in [-0.25, -0.2) is 18.4 Å². The number of benzene rings is 2. The van der Waals surface area contributed by atoms with Gasteiger partial charge in [0.2, 0.25) is 0 Å². The Morgan fingerprint density at radius 2 is 1.90 bits per heavy atom. The molecule has 1 amide bonds. The number of carbonyl (C=O) groups is 1. The Morgan fingerprint density at radius 1 is 1.13 bits per heavy atom. The van der Waals surface area contributed by atoms with Crippen LogP contribution in [0.1, 0.15) is 21.1 Å². The molecule has 30 heavy (non-hydrogen) atoms. The van der Waals surface area contributed by atoms with E-state index in [1.165, 1.54) is 17.4 Å². The second-order valence-electron chi connectivity index (χ2n) is 6.57. The first-order valence-corrected chi connectivity index (χ1v) is 12.4. The van der Waals surface area contributed by atoms with Crippen molar-refractivity contribution in [3.63, 3.8) is 0 Å². The molecule has 0 radical (unpaired) electrons. The summed E-state index contributed by atoms with van der Waals surface area (Å²) in [5.41, 5.74) is 2.06. The highest BCUT2D eigenvalue weighted by Crippen LogP contribution is 2.28. The Hall–Kier alpha value is -2.82. The van der Waals surface area contributed by atoms with E-state index in [0.717, 1.165) is 17.0 Å². The first kappa shape index (κ1) is 20.5. The molecule has 0 saturated heterocycles. The lowest BCUT2D eigenvalue weighted by Crippen LogP contribution is -2.11. The number of nitrogens with zero attached hydrogens (tertiary/aromatic N) is 2. The van der Waals surface area contributed by atoms with Crippen LogP contribution in [0.2, 0.25) is 0 Å². The van der Waals surface area contributed by atoms with Crippen LogP contribution >= 0.6 is 22.7 Å². The third kappa shape index (κ3) is 4.66. The van der Waals surface area contributed by atoms with Gasteiger partial charge in [-0.05, 0) is 49.4 Å². The van der Waals surface area contributed by atoms with Crippen molar-refractivity contribution in [2.45, 2.75) is 18.4 Å². The van der Waals surface area contributed by atoms with Gasteiger partial charge in [0.25, 0.3) is 5.91 Å². The fourth-order valence-electron chi connectivity index (χ4n) is 2.67. The zero-order valence-corrected chi connectivity index (χ0v) is 18.5. The molecule has 4 aromatic rings. The first-order valence-electron chi connectivity index (χ1n) is 8.84. The van der Waals surface area contributed by atoms with E-state index < -0.39 is 9.84 Å². The molecule has 0 saturated carbocycles. The summed E-state index contributed by atoms with van der Waals surface area (Å²) in [7, 11) is -3.30. The average molecular weight is 460 g/mol. The molecule has 0 bridgehead atoms. The molecule has 0 atom stereocenters. The van der Waals surface area contributed by atoms with Gasteiger partial charge in [-0.2, -0.15) is 0 Å². The van der Waals surface area contributed by atoms with Crippen molar-refractivity contribution < 1.29 is 17.9 Å². The summed E-state index contributed by atoms with van der Waals surface area (Å²) in [6, 6.07) is 11.5. The lowest BCUT2D eigenvalue weighted by Gasteiger charge is -2.05. The number of aromatic nitrogens is 2. The van der Waals surface area contributed by atoms with Crippen molar-refractivity contribution in [1.29, 1.82) is 0 Å². The van der Waals surface area contributed by atoms with Crippen molar-refractivity contribution in [3.8, 4) is 5.75 Å². The van der Waals surface area contributed by atoms with Crippen LogP contribution in [0.3, 0.4) is 0 Å². The molecule has 0 aliphatic rings. The number of nitrogens with one attached hydrogen (secondary N) is 1. The van der Waals surface area contributed by atoms with Gasteiger partial charge in [0.15, 0.2) is 15.0 Å². The fraction of sp³-hybridized carbons (Fsp3) is 0.150. The summed E-state index contributed by atoms with van der Waals surface area (Å²) in [6.45, 7) is 2.31. The number of amides is 1. The van der Waals surface area contributed by atoms with E-state index in [9.17, 15) is 13.2 Å². The van der Waals surface area contributed by atoms with Crippen LogP contribution in [0.5, 0.6) is 5.75 Å². The molecule has 7 nitrogen and oxygen atoms in total. The molecular weight excluding hydrogens is 442 g/mol. The predicted molar refractivity (Wildman–Crippen MR) is 118 cm³/mol. The monoisotopic (exact) mass is 459 g/mol. The van der Waals surface area contributed by atoms with Gasteiger partial charge in [-0.1, -0.05) is 11.3 Å². The van der Waals surface area contributed by atoms with Crippen molar-refractivity contribution >= 4 is 53.8 Å². The van der Waals surface area contributed by atoms with Crippen LogP contribution in [0, 0.1) is 6.92 Å². The Kier molecular flexibility index (Phi) is 5.54. The maximum atomic E-state index is 12.5. The normalized spacial score (nSPS) is 11.5. The van der Waals surface area contributed by atoms with E-state index in [4.69, 9.17) is 4.74 Å². The number of sulfone groups is 1. The lowest BCUT2D eigenvalue weighted by atomic mass is 10.2. The van der Waals surface area contributed by atoms with Crippen LogP contribution in [-0.4, -0.2) is 30.5 Å². The van der Waals surface area contributed by atoms with Crippen LogP contribution in [0.4, 0.5) is 5.13 Å². The van der Waals surface area contributed by atoms with Crippen molar-refractivity contribution in [2.75, 3.05) is 11.6 Å². The number of aryl methyl sites for hydroxylation is 1. The van der Waals surface area contributed by atoms with Gasteiger partial charge in [0.1, 0.15) is 17.4 Å². The van der Waals surface area contributed by atoms with E-state index >= 15 is 0 Å². The van der Waals surface area contributed by atoms with Gasteiger partial charge in [0, 0.05) is 22.9 Å². The van der Waals surface area contributed by atoms with Crippen molar-refractivity contribution in [1.82, 2.24) is 9.97 Å². The molecule has 10 heteroatoms. The highest BCUT2D eigenvalue weighted by molar-refractivity contribution is 7.90. The van der Waals surface area contributed by atoms with E-state index in [0.29, 0.717) is 33.3 Å². The van der Waals surface area contributed by atoms with Crippen LogP contribution in [0.25, 0.3) is 10.2 Å². The van der Waals surface area contributed by atoms with Crippen LogP contribution in [-0.2, 0) is 16.4 Å². The number of hydrogen-bond donors (Lipinski definition) is 1. The topological polar surface area (TPSA) is 98.2 Å². The van der Waals surface area contributed by atoms with E-state index in [1.807, 2.05) is 12.3 Å².